The molecular formula is C23H30ClFN6. The standard InChI is InChI=1S/C23H30ClFN6/c1-16-5-6-18(24)12-21(16)30-10-7-17(14-30)13-28-23(26-2)29-19-8-11-31(15-19)22-20(25)4-3-9-27-22/h3-6,9,12,17,19H,7-8,10-11,13-15H2,1-2H3,(H2,26,28,29). The third-order valence-corrected chi connectivity index (χ3v) is 6.38. The molecule has 0 amide bonds. The molecule has 2 aromatic rings. The molecule has 8 heteroatoms. The summed E-state index contributed by atoms with van der Waals surface area (Å²) in [6.07, 6.45) is 3.68. The van der Waals surface area contributed by atoms with Crippen molar-refractivity contribution in [2.45, 2.75) is 25.8 Å². The van der Waals surface area contributed by atoms with Crippen LogP contribution in [0.1, 0.15) is 18.4 Å². The van der Waals surface area contributed by atoms with Crippen LogP contribution < -0.4 is 20.4 Å². The molecule has 3 heterocycles. The zero-order valence-corrected chi connectivity index (χ0v) is 18.9. The fraction of sp³-hybridized carbons (Fsp3) is 0.478. The second kappa shape index (κ2) is 9.73. The number of nitrogens with zero attached hydrogens (tertiary/aromatic N) is 4. The van der Waals surface area contributed by atoms with E-state index in [2.05, 4.69) is 44.6 Å². The molecule has 0 radical (unpaired) electrons. The summed E-state index contributed by atoms with van der Waals surface area (Å²) in [5.41, 5.74) is 2.48. The number of anilines is 2. The molecule has 166 valence electrons. The van der Waals surface area contributed by atoms with Gasteiger partial charge in [-0.1, -0.05) is 17.7 Å². The summed E-state index contributed by atoms with van der Waals surface area (Å²) >= 11 is 6.20. The maximum absolute atomic E-state index is 14.0. The average molecular weight is 445 g/mol. The number of aryl methyl sites for hydroxylation is 1. The molecule has 1 aromatic heterocycles. The second-order valence-electron chi connectivity index (χ2n) is 8.37. The highest BCUT2D eigenvalue weighted by Gasteiger charge is 2.27. The highest BCUT2D eigenvalue weighted by molar-refractivity contribution is 6.30. The molecule has 4 rings (SSSR count). The minimum atomic E-state index is -0.272. The predicted molar refractivity (Wildman–Crippen MR) is 126 cm³/mol. The molecule has 0 aliphatic carbocycles. The molecule has 2 aliphatic rings. The van der Waals surface area contributed by atoms with Crippen LogP contribution in [0.2, 0.25) is 5.02 Å². The number of benzene rings is 1. The third-order valence-electron chi connectivity index (χ3n) is 6.15. The van der Waals surface area contributed by atoms with Crippen molar-refractivity contribution in [1.82, 2.24) is 15.6 Å². The van der Waals surface area contributed by atoms with Gasteiger partial charge < -0.3 is 20.4 Å². The normalized spacial score (nSPS) is 21.6. The summed E-state index contributed by atoms with van der Waals surface area (Å²) < 4.78 is 14.0. The Balaban J connectivity index is 1.26. The summed E-state index contributed by atoms with van der Waals surface area (Å²) in [7, 11) is 1.79. The summed E-state index contributed by atoms with van der Waals surface area (Å²) in [4.78, 5) is 13.0. The quantitative estimate of drug-likeness (QED) is 0.546. The molecule has 2 fully saturated rings. The monoisotopic (exact) mass is 444 g/mol. The van der Waals surface area contributed by atoms with Crippen molar-refractivity contribution in [1.29, 1.82) is 0 Å². The van der Waals surface area contributed by atoms with Crippen LogP contribution in [0, 0.1) is 18.7 Å². The van der Waals surface area contributed by atoms with Crippen molar-refractivity contribution in [3.05, 3.63) is 52.9 Å². The van der Waals surface area contributed by atoms with Gasteiger partial charge in [-0.3, -0.25) is 4.99 Å². The Kier molecular flexibility index (Phi) is 6.80. The fourth-order valence-electron chi connectivity index (χ4n) is 4.45. The molecule has 6 nitrogen and oxygen atoms in total. The molecule has 2 aliphatic heterocycles. The lowest BCUT2D eigenvalue weighted by molar-refractivity contribution is 0.557. The van der Waals surface area contributed by atoms with E-state index in [1.165, 1.54) is 17.3 Å². The molecular weight excluding hydrogens is 415 g/mol. The van der Waals surface area contributed by atoms with E-state index in [0.29, 0.717) is 18.3 Å². The molecule has 31 heavy (non-hydrogen) atoms. The topological polar surface area (TPSA) is 55.8 Å². The number of aromatic nitrogens is 1. The molecule has 2 unspecified atom stereocenters. The van der Waals surface area contributed by atoms with Gasteiger partial charge in [0, 0.05) is 62.7 Å². The zero-order valence-electron chi connectivity index (χ0n) is 18.1. The molecule has 2 atom stereocenters. The van der Waals surface area contributed by atoms with Gasteiger partial charge in [-0.2, -0.15) is 0 Å². The predicted octanol–water partition coefficient (Wildman–Crippen LogP) is 3.45. The number of hydrogen-bond donors (Lipinski definition) is 2. The first-order valence-corrected chi connectivity index (χ1v) is 11.2. The van der Waals surface area contributed by atoms with Crippen molar-refractivity contribution >= 4 is 29.1 Å². The van der Waals surface area contributed by atoms with Crippen molar-refractivity contribution in [3.8, 4) is 0 Å². The van der Waals surface area contributed by atoms with Gasteiger partial charge in [0.25, 0.3) is 0 Å². The fourth-order valence-corrected chi connectivity index (χ4v) is 4.62. The number of aliphatic imine (C=N–C) groups is 1. The zero-order chi connectivity index (χ0) is 21.8. The lowest BCUT2D eigenvalue weighted by Gasteiger charge is -2.22. The average Bonchev–Trinajstić information content (AvgIpc) is 3.43. The second-order valence-corrected chi connectivity index (χ2v) is 8.81. The number of nitrogens with one attached hydrogen (secondary N) is 2. The van der Waals surface area contributed by atoms with Crippen molar-refractivity contribution in [2.75, 3.05) is 49.6 Å². The van der Waals surface area contributed by atoms with Crippen molar-refractivity contribution in [3.63, 3.8) is 0 Å². The minimum absolute atomic E-state index is 0.210. The highest BCUT2D eigenvalue weighted by Crippen LogP contribution is 2.29. The van der Waals surface area contributed by atoms with Crippen LogP contribution in [0.15, 0.2) is 41.5 Å². The molecule has 0 spiro atoms. The number of halogens is 2. The largest absolute Gasteiger partial charge is 0.371 e. The molecule has 0 bridgehead atoms. The molecule has 1 aromatic carbocycles. The number of pyridine rings is 1. The first-order chi connectivity index (χ1) is 15.0. The van der Waals surface area contributed by atoms with Gasteiger partial charge in [0.15, 0.2) is 17.6 Å². The number of rotatable bonds is 5. The lowest BCUT2D eigenvalue weighted by atomic mass is 10.1. The van der Waals surface area contributed by atoms with Gasteiger partial charge in [-0.05, 0) is 55.5 Å². The van der Waals surface area contributed by atoms with Crippen LogP contribution in [0.25, 0.3) is 0 Å². The van der Waals surface area contributed by atoms with E-state index in [0.717, 1.165) is 50.0 Å². The van der Waals surface area contributed by atoms with Gasteiger partial charge in [-0.15, -0.1) is 0 Å². The highest BCUT2D eigenvalue weighted by atomic mass is 35.5. The van der Waals surface area contributed by atoms with Crippen molar-refractivity contribution in [2.24, 2.45) is 10.9 Å². The van der Waals surface area contributed by atoms with Crippen LogP contribution in [-0.4, -0.2) is 56.8 Å². The number of hydrogen-bond acceptors (Lipinski definition) is 4. The first kappa shape index (κ1) is 21.7. The minimum Gasteiger partial charge on any atom is -0.371 e. The Bertz CT molecular complexity index is 936. The van der Waals surface area contributed by atoms with Crippen LogP contribution >= 0.6 is 11.6 Å². The summed E-state index contributed by atoms with van der Waals surface area (Å²) in [5.74, 6) is 1.49. The van der Waals surface area contributed by atoms with Crippen LogP contribution in [0.5, 0.6) is 0 Å². The van der Waals surface area contributed by atoms with E-state index in [4.69, 9.17) is 11.6 Å². The molecule has 2 saturated heterocycles. The third kappa shape index (κ3) is 5.21. The smallest absolute Gasteiger partial charge is 0.191 e. The van der Waals surface area contributed by atoms with E-state index in [1.54, 1.807) is 19.3 Å². The van der Waals surface area contributed by atoms with Crippen LogP contribution in [0.4, 0.5) is 15.9 Å². The Morgan fingerprint density at radius 2 is 2.06 bits per heavy atom. The molecule has 2 N–H and O–H groups in total. The Morgan fingerprint density at radius 1 is 1.23 bits per heavy atom. The molecule has 0 saturated carbocycles. The number of guanidine groups is 1. The van der Waals surface area contributed by atoms with Crippen LogP contribution in [0.3, 0.4) is 0 Å². The van der Waals surface area contributed by atoms with Gasteiger partial charge in [0.05, 0.1) is 0 Å². The van der Waals surface area contributed by atoms with E-state index in [1.807, 2.05) is 11.0 Å². The Labute approximate surface area is 188 Å². The first-order valence-electron chi connectivity index (χ1n) is 10.9. The van der Waals surface area contributed by atoms with E-state index >= 15 is 0 Å². The Morgan fingerprint density at radius 3 is 2.87 bits per heavy atom. The Hall–Kier alpha value is -2.54. The van der Waals surface area contributed by atoms with Gasteiger partial charge >= 0.3 is 0 Å². The van der Waals surface area contributed by atoms with E-state index in [9.17, 15) is 4.39 Å². The summed E-state index contributed by atoms with van der Waals surface area (Å²) in [5, 5.41) is 7.74. The van der Waals surface area contributed by atoms with E-state index < -0.39 is 0 Å². The lowest BCUT2D eigenvalue weighted by Crippen LogP contribution is -2.46. The summed E-state index contributed by atoms with van der Waals surface area (Å²) in [6, 6.07) is 9.37. The van der Waals surface area contributed by atoms with Crippen molar-refractivity contribution < 1.29 is 4.39 Å². The van der Waals surface area contributed by atoms with Gasteiger partial charge in [-0.25, -0.2) is 9.37 Å². The van der Waals surface area contributed by atoms with Gasteiger partial charge in [0.2, 0.25) is 0 Å². The maximum Gasteiger partial charge on any atom is 0.191 e. The SMILES string of the molecule is CN=C(NCC1CCN(c2cc(Cl)ccc2C)C1)NC1CCN(c2ncccc2F)C1. The summed E-state index contributed by atoms with van der Waals surface area (Å²) in [6.45, 7) is 6.51. The maximum atomic E-state index is 14.0. The van der Waals surface area contributed by atoms with Gasteiger partial charge in [0.1, 0.15) is 0 Å². The van der Waals surface area contributed by atoms with Crippen LogP contribution in [-0.2, 0) is 0 Å². The van der Waals surface area contributed by atoms with E-state index in [-0.39, 0.29) is 11.9 Å².